The Kier molecular flexibility index (Phi) is 8.77. The summed E-state index contributed by atoms with van der Waals surface area (Å²) in [6.45, 7) is 3.44. The van der Waals surface area contributed by atoms with Crippen molar-refractivity contribution in [1.82, 2.24) is 9.21 Å². The van der Waals surface area contributed by atoms with Gasteiger partial charge in [0.15, 0.2) is 0 Å². The molecule has 0 fully saturated rings. The maximum atomic E-state index is 13.7. The largest absolute Gasteiger partial charge is 0.382 e. The molecule has 1 aliphatic heterocycles. The van der Waals surface area contributed by atoms with Gasteiger partial charge in [-0.2, -0.15) is 4.31 Å². The first-order valence-electron chi connectivity index (χ1n) is 11.7. The van der Waals surface area contributed by atoms with Crippen LogP contribution >= 0.6 is 27.3 Å². The van der Waals surface area contributed by atoms with Crippen LogP contribution in [0, 0.1) is 0 Å². The highest BCUT2D eigenvalue weighted by Crippen LogP contribution is 2.38. The summed E-state index contributed by atoms with van der Waals surface area (Å²) in [5, 5.41) is 2.06. The van der Waals surface area contributed by atoms with Crippen LogP contribution in [0.1, 0.15) is 35.4 Å². The Morgan fingerprint density at radius 2 is 1.89 bits per heavy atom. The van der Waals surface area contributed by atoms with Crippen molar-refractivity contribution >= 4 is 43.2 Å². The number of rotatable bonds is 10. The Morgan fingerprint density at radius 1 is 1.14 bits per heavy atom. The van der Waals surface area contributed by atoms with Crippen molar-refractivity contribution in [1.29, 1.82) is 0 Å². The van der Waals surface area contributed by atoms with Crippen LogP contribution in [-0.4, -0.2) is 56.4 Å². The Balaban J connectivity index is 1.61. The first-order valence-corrected chi connectivity index (χ1v) is 14.8. The number of halogens is 1. The van der Waals surface area contributed by atoms with Crippen LogP contribution in [-0.2, 0) is 26.0 Å². The molecule has 9 heteroatoms. The maximum Gasteiger partial charge on any atom is 0.243 e. The molecule has 1 aliphatic rings. The zero-order chi connectivity index (χ0) is 24.8. The van der Waals surface area contributed by atoms with Gasteiger partial charge in [0.25, 0.3) is 0 Å². The third kappa shape index (κ3) is 6.03. The van der Waals surface area contributed by atoms with Gasteiger partial charge in [-0.25, -0.2) is 8.42 Å². The molecule has 0 saturated heterocycles. The summed E-state index contributed by atoms with van der Waals surface area (Å²) in [6.07, 6.45) is 1.28. The number of hydrogen-bond donors (Lipinski definition) is 0. The third-order valence-electron chi connectivity index (χ3n) is 6.06. The van der Waals surface area contributed by atoms with E-state index in [9.17, 15) is 13.2 Å². The second kappa shape index (κ2) is 11.8. The fourth-order valence-electron chi connectivity index (χ4n) is 4.35. The molecule has 1 aromatic heterocycles. The minimum absolute atomic E-state index is 0.170. The summed E-state index contributed by atoms with van der Waals surface area (Å²) >= 11 is 5.06. The van der Waals surface area contributed by atoms with E-state index >= 15 is 0 Å². The fourth-order valence-corrected chi connectivity index (χ4v) is 6.94. The average molecular weight is 578 g/mol. The van der Waals surface area contributed by atoms with Gasteiger partial charge >= 0.3 is 0 Å². The van der Waals surface area contributed by atoms with Gasteiger partial charge in [-0.15, -0.1) is 11.3 Å². The number of ether oxygens (including phenoxy) is 1. The van der Waals surface area contributed by atoms with E-state index in [1.165, 1.54) is 9.18 Å². The highest BCUT2D eigenvalue weighted by atomic mass is 79.9. The molecule has 3 aromatic rings. The zero-order valence-corrected chi connectivity index (χ0v) is 22.8. The molecule has 2 aromatic carbocycles. The Labute approximate surface area is 219 Å². The normalized spacial score (nSPS) is 15.9. The molecule has 1 unspecified atom stereocenters. The third-order valence-corrected chi connectivity index (χ3v) is 9.45. The van der Waals surface area contributed by atoms with E-state index in [4.69, 9.17) is 4.74 Å². The highest BCUT2D eigenvalue weighted by molar-refractivity contribution is 9.10. The maximum absolute atomic E-state index is 13.7. The van der Waals surface area contributed by atoms with Crippen LogP contribution in [0.4, 0.5) is 0 Å². The first-order chi connectivity index (χ1) is 16.9. The minimum atomic E-state index is -3.86. The number of benzene rings is 2. The molecule has 1 atom stereocenters. The molecular formula is C26H29BrN2O4S2. The molecule has 0 N–H and O–H groups in total. The van der Waals surface area contributed by atoms with Crippen LogP contribution in [0.15, 0.2) is 75.4 Å². The molecule has 186 valence electrons. The predicted molar refractivity (Wildman–Crippen MR) is 142 cm³/mol. The molecule has 0 bridgehead atoms. The van der Waals surface area contributed by atoms with Crippen molar-refractivity contribution in [2.24, 2.45) is 0 Å². The second-order valence-corrected chi connectivity index (χ2v) is 12.1. The molecule has 6 nitrogen and oxygen atoms in total. The van der Waals surface area contributed by atoms with Crippen molar-refractivity contribution in [2.75, 3.05) is 32.8 Å². The minimum Gasteiger partial charge on any atom is -0.382 e. The highest BCUT2D eigenvalue weighted by Gasteiger charge is 2.35. The Hall–Kier alpha value is -2.04. The van der Waals surface area contributed by atoms with Gasteiger partial charge in [0.1, 0.15) is 0 Å². The molecule has 0 saturated carbocycles. The van der Waals surface area contributed by atoms with Crippen molar-refractivity contribution in [3.8, 4) is 0 Å². The first kappa shape index (κ1) is 26.0. The molecule has 0 spiro atoms. The summed E-state index contributed by atoms with van der Waals surface area (Å²) in [6, 6.07) is 18.3. The van der Waals surface area contributed by atoms with E-state index in [2.05, 4.69) is 27.4 Å². The molecular weight excluding hydrogens is 548 g/mol. The monoisotopic (exact) mass is 576 g/mol. The predicted octanol–water partition coefficient (Wildman–Crippen LogP) is 5.10. The van der Waals surface area contributed by atoms with Crippen molar-refractivity contribution in [3.63, 3.8) is 0 Å². The van der Waals surface area contributed by atoms with E-state index in [0.717, 1.165) is 22.0 Å². The number of thiophene rings is 1. The summed E-state index contributed by atoms with van der Waals surface area (Å²) in [5.74, 6) is -0.201. The summed E-state index contributed by atoms with van der Waals surface area (Å²) in [4.78, 5) is 17.0. The van der Waals surface area contributed by atoms with Gasteiger partial charge in [-0.1, -0.05) is 46.3 Å². The van der Waals surface area contributed by atoms with E-state index in [-0.39, 0.29) is 29.9 Å². The molecule has 2 heterocycles. The van der Waals surface area contributed by atoms with E-state index < -0.39 is 10.0 Å². The lowest BCUT2D eigenvalue weighted by molar-refractivity contribution is -0.133. The average Bonchev–Trinajstić information content (AvgIpc) is 3.35. The van der Waals surface area contributed by atoms with Crippen LogP contribution in [0.3, 0.4) is 0 Å². The van der Waals surface area contributed by atoms with Crippen molar-refractivity contribution in [3.05, 3.63) is 86.5 Å². The van der Waals surface area contributed by atoms with E-state index in [1.807, 2.05) is 42.2 Å². The lowest BCUT2D eigenvalue weighted by Crippen LogP contribution is -2.47. The fraction of sp³-hybridized carbons (Fsp3) is 0.346. The van der Waals surface area contributed by atoms with Gasteiger partial charge < -0.3 is 9.64 Å². The second-order valence-electron chi connectivity index (χ2n) is 8.29. The van der Waals surface area contributed by atoms with Crippen molar-refractivity contribution in [2.45, 2.75) is 30.7 Å². The number of nitrogens with zero attached hydrogens (tertiary/aromatic N) is 2. The number of hydrogen-bond acceptors (Lipinski definition) is 5. The number of fused-ring (bicyclic) bond motifs is 1. The van der Waals surface area contributed by atoms with Gasteiger partial charge in [0.2, 0.25) is 15.9 Å². The number of carbonyl (C=O) groups excluding carboxylic acids is 1. The Bertz CT molecular complexity index is 1230. The lowest BCUT2D eigenvalue weighted by Gasteiger charge is -2.37. The van der Waals surface area contributed by atoms with Crippen LogP contribution in [0.2, 0.25) is 0 Å². The van der Waals surface area contributed by atoms with Crippen LogP contribution in [0.5, 0.6) is 0 Å². The number of sulfonamides is 1. The Morgan fingerprint density at radius 3 is 2.60 bits per heavy atom. The van der Waals surface area contributed by atoms with Crippen molar-refractivity contribution < 1.29 is 17.9 Å². The standard InChI is InChI=1S/C26H29BrN2O4S2/c1-2-33-17-6-15-28(35(31,32)22-11-9-21(27)10-12-22)19-25(30)29-16-13-24-23(14-18-34-24)26(29)20-7-4-3-5-8-20/h3-5,7-12,14,18,26H,2,6,13,15-17,19H2,1H3. The smallest absolute Gasteiger partial charge is 0.243 e. The zero-order valence-electron chi connectivity index (χ0n) is 19.6. The van der Waals surface area contributed by atoms with Crippen LogP contribution in [0.25, 0.3) is 0 Å². The van der Waals surface area contributed by atoms with E-state index in [1.54, 1.807) is 35.6 Å². The van der Waals surface area contributed by atoms with Crippen LogP contribution < -0.4 is 0 Å². The lowest BCUT2D eigenvalue weighted by atomic mass is 9.93. The number of amides is 1. The quantitative estimate of drug-likeness (QED) is 0.315. The summed E-state index contributed by atoms with van der Waals surface area (Å²) in [7, 11) is -3.86. The van der Waals surface area contributed by atoms with Gasteiger partial charge in [0.05, 0.1) is 17.5 Å². The number of carbonyl (C=O) groups is 1. The molecule has 0 aliphatic carbocycles. The van der Waals surface area contributed by atoms with Gasteiger partial charge in [-0.3, -0.25) is 4.79 Å². The molecule has 35 heavy (non-hydrogen) atoms. The topological polar surface area (TPSA) is 66.9 Å². The van der Waals surface area contributed by atoms with Gasteiger partial charge in [0, 0.05) is 35.7 Å². The summed E-state index contributed by atoms with van der Waals surface area (Å²) in [5.41, 5.74) is 2.15. The molecule has 4 rings (SSSR count). The van der Waals surface area contributed by atoms with E-state index in [0.29, 0.717) is 26.2 Å². The summed E-state index contributed by atoms with van der Waals surface area (Å²) < 4.78 is 34.6. The van der Waals surface area contributed by atoms with Gasteiger partial charge in [-0.05, 0) is 66.6 Å². The molecule has 0 radical (unpaired) electrons. The molecule has 1 amide bonds. The SMILES string of the molecule is CCOCCCN(CC(=O)N1CCc2sccc2C1c1ccccc1)S(=O)(=O)c1ccc(Br)cc1.